The van der Waals surface area contributed by atoms with E-state index in [1.807, 2.05) is 19.3 Å². The van der Waals surface area contributed by atoms with Crippen LogP contribution in [0.4, 0.5) is 5.82 Å². The maximum Gasteiger partial charge on any atom is 0.132 e. The summed E-state index contributed by atoms with van der Waals surface area (Å²) in [6.07, 6.45) is 5.90. The van der Waals surface area contributed by atoms with Gasteiger partial charge in [-0.25, -0.2) is 4.98 Å². The zero-order valence-corrected chi connectivity index (χ0v) is 12.9. The molecule has 1 saturated carbocycles. The first kappa shape index (κ1) is 15.3. The third kappa shape index (κ3) is 3.93. The van der Waals surface area contributed by atoms with Crippen LogP contribution in [0, 0.1) is 0 Å². The number of hydrogen-bond acceptors (Lipinski definition) is 4. The summed E-state index contributed by atoms with van der Waals surface area (Å²) in [5.41, 5.74) is 0.653. The SMILES string of the molecule is CC(C)NCc1cccnc1N(C)CC1(O)CCCC1. The maximum atomic E-state index is 10.5. The first-order valence-electron chi connectivity index (χ1n) is 7.61. The van der Waals surface area contributed by atoms with Crippen molar-refractivity contribution in [2.75, 3.05) is 18.5 Å². The van der Waals surface area contributed by atoms with Crippen LogP contribution in [0.15, 0.2) is 18.3 Å². The highest BCUT2D eigenvalue weighted by molar-refractivity contribution is 5.46. The molecule has 1 aliphatic rings. The Labute approximate surface area is 122 Å². The van der Waals surface area contributed by atoms with Crippen LogP contribution in [-0.4, -0.2) is 35.3 Å². The second kappa shape index (κ2) is 6.55. The third-order valence-corrected chi connectivity index (χ3v) is 4.00. The molecule has 0 spiro atoms. The first-order chi connectivity index (χ1) is 9.50. The average Bonchev–Trinajstić information content (AvgIpc) is 2.83. The highest BCUT2D eigenvalue weighted by atomic mass is 16.3. The van der Waals surface area contributed by atoms with Gasteiger partial charge in [-0.05, 0) is 18.9 Å². The van der Waals surface area contributed by atoms with Gasteiger partial charge in [0.15, 0.2) is 0 Å². The summed E-state index contributed by atoms with van der Waals surface area (Å²) in [5.74, 6) is 0.973. The van der Waals surface area contributed by atoms with Crippen LogP contribution in [-0.2, 0) is 6.54 Å². The van der Waals surface area contributed by atoms with E-state index in [2.05, 4.69) is 35.1 Å². The smallest absolute Gasteiger partial charge is 0.132 e. The summed E-state index contributed by atoms with van der Waals surface area (Å²) < 4.78 is 0. The average molecular weight is 277 g/mol. The Morgan fingerprint density at radius 1 is 1.40 bits per heavy atom. The molecule has 0 saturated heterocycles. The van der Waals surface area contributed by atoms with Crippen molar-refractivity contribution in [1.82, 2.24) is 10.3 Å². The Kier molecular flexibility index (Phi) is 5.00. The van der Waals surface area contributed by atoms with Crippen molar-refractivity contribution in [2.24, 2.45) is 0 Å². The molecule has 1 heterocycles. The third-order valence-electron chi connectivity index (χ3n) is 4.00. The number of hydrogen-bond donors (Lipinski definition) is 2. The number of rotatable bonds is 6. The van der Waals surface area contributed by atoms with E-state index in [9.17, 15) is 5.11 Å². The summed E-state index contributed by atoms with van der Waals surface area (Å²) in [5, 5.41) is 14.0. The van der Waals surface area contributed by atoms with E-state index in [-0.39, 0.29) is 0 Å². The normalized spacial score (nSPS) is 17.6. The molecule has 4 nitrogen and oxygen atoms in total. The fraction of sp³-hybridized carbons (Fsp3) is 0.688. The maximum absolute atomic E-state index is 10.5. The highest BCUT2D eigenvalue weighted by Crippen LogP contribution is 2.31. The molecule has 0 unspecified atom stereocenters. The van der Waals surface area contributed by atoms with Gasteiger partial charge in [0.05, 0.1) is 5.60 Å². The molecule has 4 heteroatoms. The van der Waals surface area contributed by atoms with Gasteiger partial charge >= 0.3 is 0 Å². The summed E-state index contributed by atoms with van der Waals surface area (Å²) in [6.45, 7) is 5.75. The minimum Gasteiger partial charge on any atom is -0.388 e. The molecule has 2 rings (SSSR count). The van der Waals surface area contributed by atoms with Crippen LogP contribution in [0.5, 0.6) is 0 Å². The fourth-order valence-corrected chi connectivity index (χ4v) is 2.93. The van der Waals surface area contributed by atoms with Gasteiger partial charge in [-0.15, -0.1) is 0 Å². The van der Waals surface area contributed by atoms with Crippen molar-refractivity contribution in [1.29, 1.82) is 0 Å². The number of nitrogens with zero attached hydrogens (tertiary/aromatic N) is 2. The summed E-state index contributed by atoms with van der Waals surface area (Å²) in [6, 6.07) is 4.53. The summed E-state index contributed by atoms with van der Waals surface area (Å²) in [4.78, 5) is 6.60. The van der Waals surface area contributed by atoms with Crippen molar-refractivity contribution < 1.29 is 5.11 Å². The lowest BCUT2D eigenvalue weighted by atomic mass is 10.0. The standard InChI is InChI=1S/C16H27N3O/c1-13(2)18-11-14-7-6-10-17-15(14)19(3)12-16(20)8-4-5-9-16/h6-7,10,13,18,20H,4-5,8-9,11-12H2,1-3H3. The van der Waals surface area contributed by atoms with E-state index >= 15 is 0 Å². The Bertz CT molecular complexity index is 427. The van der Waals surface area contributed by atoms with Gasteiger partial charge in [-0.3, -0.25) is 0 Å². The monoisotopic (exact) mass is 277 g/mol. The zero-order chi connectivity index (χ0) is 14.6. The lowest BCUT2D eigenvalue weighted by molar-refractivity contribution is 0.0557. The quantitative estimate of drug-likeness (QED) is 0.838. The van der Waals surface area contributed by atoms with E-state index in [1.54, 1.807) is 0 Å². The largest absolute Gasteiger partial charge is 0.388 e. The second-order valence-corrected chi connectivity index (χ2v) is 6.31. The lowest BCUT2D eigenvalue weighted by Gasteiger charge is -2.30. The first-order valence-corrected chi connectivity index (χ1v) is 7.61. The van der Waals surface area contributed by atoms with Gasteiger partial charge in [-0.2, -0.15) is 0 Å². The molecule has 0 amide bonds. The molecule has 0 aromatic carbocycles. The van der Waals surface area contributed by atoms with Gasteiger partial charge in [0.25, 0.3) is 0 Å². The Morgan fingerprint density at radius 3 is 2.75 bits per heavy atom. The minimum absolute atomic E-state index is 0.451. The number of likely N-dealkylation sites (N-methyl/N-ethyl adjacent to an activating group) is 1. The molecule has 1 aromatic heterocycles. The molecule has 1 fully saturated rings. The van der Waals surface area contributed by atoms with Crippen molar-refractivity contribution >= 4 is 5.82 Å². The molecule has 0 aliphatic heterocycles. The van der Waals surface area contributed by atoms with Crippen LogP contribution in [0.2, 0.25) is 0 Å². The Hall–Kier alpha value is -1.13. The number of nitrogens with one attached hydrogen (secondary N) is 1. The van der Waals surface area contributed by atoms with Crippen molar-refractivity contribution in [3.8, 4) is 0 Å². The highest BCUT2D eigenvalue weighted by Gasteiger charge is 2.32. The topological polar surface area (TPSA) is 48.4 Å². The van der Waals surface area contributed by atoms with E-state index in [4.69, 9.17) is 0 Å². The lowest BCUT2D eigenvalue weighted by Crippen LogP contribution is -2.40. The zero-order valence-electron chi connectivity index (χ0n) is 12.9. The molecular formula is C16H27N3O. The van der Waals surface area contributed by atoms with Gasteiger partial charge in [0.1, 0.15) is 5.82 Å². The van der Waals surface area contributed by atoms with Gasteiger partial charge in [0, 0.05) is 37.9 Å². The predicted octanol–water partition coefficient (Wildman–Crippen LogP) is 2.32. The predicted molar refractivity (Wildman–Crippen MR) is 82.9 cm³/mol. The van der Waals surface area contributed by atoms with Crippen LogP contribution >= 0.6 is 0 Å². The van der Waals surface area contributed by atoms with E-state index < -0.39 is 5.60 Å². The number of aliphatic hydroxyl groups is 1. The van der Waals surface area contributed by atoms with E-state index in [0.29, 0.717) is 12.6 Å². The van der Waals surface area contributed by atoms with Gasteiger partial charge in [0.2, 0.25) is 0 Å². The number of pyridine rings is 1. The van der Waals surface area contributed by atoms with Crippen LogP contribution in [0.3, 0.4) is 0 Å². The molecule has 0 atom stereocenters. The minimum atomic E-state index is -0.533. The van der Waals surface area contributed by atoms with Gasteiger partial charge < -0.3 is 15.3 Å². The molecule has 2 N–H and O–H groups in total. The second-order valence-electron chi connectivity index (χ2n) is 6.31. The summed E-state index contributed by atoms with van der Waals surface area (Å²) in [7, 11) is 2.03. The molecule has 20 heavy (non-hydrogen) atoms. The van der Waals surface area contributed by atoms with Crippen molar-refractivity contribution in [3.63, 3.8) is 0 Å². The molecule has 0 radical (unpaired) electrons. The van der Waals surface area contributed by atoms with Crippen LogP contribution in [0.1, 0.15) is 45.1 Å². The molecule has 1 aromatic rings. The Balaban J connectivity index is 2.06. The number of anilines is 1. The summed E-state index contributed by atoms with van der Waals surface area (Å²) >= 11 is 0. The number of aromatic nitrogens is 1. The van der Waals surface area contributed by atoms with E-state index in [0.717, 1.165) is 38.0 Å². The molecule has 112 valence electrons. The van der Waals surface area contributed by atoms with Crippen LogP contribution < -0.4 is 10.2 Å². The van der Waals surface area contributed by atoms with Gasteiger partial charge in [-0.1, -0.05) is 32.8 Å². The molecule has 0 bridgehead atoms. The van der Waals surface area contributed by atoms with Crippen molar-refractivity contribution in [3.05, 3.63) is 23.9 Å². The molecule has 1 aliphatic carbocycles. The Morgan fingerprint density at radius 2 is 2.10 bits per heavy atom. The van der Waals surface area contributed by atoms with E-state index in [1.165, 1.54) is 5.56 Å². The fourth-order valence-electron chi connectivity index (χ4n) is 2.93. The van der Waals surface area contributed by atoms with Crippen LogP contribution in [0.25, 0.3) is 0 Å². The van der Waals surface area contributed by atoms with Crippen molar-refractivity contribution in [2.45, 2.75) is 57.7 Å². The molecular weight excluding hydrogens is 250 g/mol.